The van der Waals surface area contributed by atoms with Crippen molar-refractivity contribution in [3.63, 3.8) is 0 Å². The van der Waals surface area contributed by atoms with Gasteiger partial charge in [-0.15, -0.1) is 0 Å². The molecule has 4 rings (SSSR count). The molecule has 0 saturated carbocycles. The third kappa shape index (κ3) is 5.38. The molecule has 0 saturated heterocycles. The Morgan fingerprint density at radius 2 is 1.80 bits per heavy atom. The maximum Gasteiger partial charge on any atom is 0.337 e. The number of carbonyl (C=O) groups is 2. The highest BCUT2D eigenvalue weighted by Gasteiger charge is 2.14. The number of para-hydroxylation sites is 1. The minimum atomic E-state index is -0.556. The predicted octanol–water partition coefficient (Wildman–Crippen LogP) is 6.33. The van der Waals surface area contributed by atoms with Crippen LogP contribution >= 0.6 is 23.2 Å². The molecule has 1 N–H and O–H groups in total. The SMILES string of the molecule is COC(=O)c1ccc(NC(=O)/C(C#N)=C/c2cn(Cc3ccc(Cl)c(Cl)c3)c3ccccc23)cc1. The molecule has 174 valence electrons. The van der Waals surface area contributed by atoms with Gasteiger partial charge in [0.05, 0.1) is 22.7 Å². The monoisotopic (exact) mass is 503 g/mol. The molecule has 0 bridgehead atoms. The zero-order valence-corrected chi connectivity index (χ0v) is 20.1. The number of hydrogen-bond donors (Lipinski definition) is 1. The Kier molecular flexibility index (Phi) is 7.21. The van der Waals surface area contributed by atoms with Crippen molar-refractivity contribution in [1.29, 1.82) is 5.26 Å². The van der Waals surface area contributed by atoms with E-state index in [0.29, 0.717) is 27.8 Å². The Bertz CT molecular complexity index is 1500. The van der Waals surface area contributed by atoms with Crippen molar-refractivity contribution in [3.05, 3.63) is 105 Å². The summed E-state index contributed by atoms with van der Waals surface area (Å²) in [6, 6.07) is 21.4. The predicted molar refractivity (Wildman–Crippen MR) is 138 cm³/mol. The summed E-state index contributed by atoms with van der Waals surface area (Å²) in [6.45, 7) is 0.534. The number of rotatable bonds is 6. The molecule has 3 aromatic carbocycles. The van der Waals surface area contributed by atoms with Crippen LogP contribution in [0.2, 0.25) is 10.0 Å². The van der Waals surface area contributed by atoms with Crippen LogP contribution in [0.25, 0.3) is 17.0 Å². The molecular weight excluding hydrogens is 485 g/mol. The Morgan fingerprint density at radius 3 is 2.49 bits per heavy atom. The fourth-order valence-electron chi connectivity index (χ4n) is 3.67. The molecule has 4 aromatic rings. The lowest BCUT2D eigenvalue weighted by Crippen LogP contribution is -2.13. The van der Waals surface area contributed by atoms with Gasteiger partial charge in [0, 0.05) is 34.9 Å². The number of nitrogens with zero attached hydrogens (tertiary/aromatic N) is 2. The van der Waals surface area contributed by atoms with Gasteiger partial charge in [-0.3, -0.25) is 4.79 Å². The third-order valence-corrected chi connectivity index (χ3v) is 6.12. The number of methoxy groups -OCH3 is 1. The highest BCUT2D eigenvalue weighted by atomic mass is 35.5. The summed E-state index contributed by atoms with van der Waals surface area (Å²) in [6.07, 6.45) is 3.45. The van der Waals surface area contributed by atoms with E-state index in [1.165, 1.54) is 19.2 Å². The lowest BCUT2D eigenvalue weighted by Gasteiger charge is -2.06. The van der Waals surface area contributed by atoms with E-state index < -0.39 is 11.9 Å². The van der Waals surface area contributed by atoms with E-state index in [4.69, 9.17) is 23.2 Å². The van der Waals surface area contributed by atoms with Gasteiger partial charge in [-0.2, -0.15) is 5.26 Å². The first-order valence-corrected chi connectivity index (χ1v) is 11.3. The minimum absolute atomic E-state index is 0.0560. The van der Waals surface area contributed by atoms with E-state index in [1.54, 1.807) is 24.3 Å². The lowest BCUT2D eigenvalue weighted by molar-refractivity contribution is -0.112. The van der Waals surface area contributed by atoms with Crippen molar-refractivity contribution in [2.75, 3.05) is 12.4 Å². The van der Waals surface area contributed by atoms with Crippen molar-refractivity contribution in [3.8, 4) is 6.07 Å². The minimum Gasteiger partial charge on any atom is -0.465 e. The molecule has 35 heavy (non-hydrogen) atoms. The second-order valence-electron chi connectivity index (χ2n) is 7.67. The van der Waals surface area contributed by atoms with Crippen LogP contribution in [0, 0.1) is 11.3 Å². The van der Waals surface area contributed by atoms with Gasteiger partial charge in [-0.25, -0.2) is 4.79 Å². The molecule has 1 amide bonds. The Hall–Kier alpha value is -4.05. The molecule has 0 radical (unpaired) electrons. The average Bonchev–Trinajstić information content (AvgIpc) is 3.21. The third-order valence-electron chi connectivity index (χ3n) is 5.39. The fourth-order valence-corrected chi connectivity index (χ4v) is 3.99. The second kappa shape index (κ2) is 10.5. The highest BCUT2D eigenvalue weighted by Crippen LogP contribution is 2.27. The number of nitrogens with one attached hydrogen (secondary N) is 1. The number of nitriles is 1. The van der Waals surface area contributed by atoms with Gasteiger partial charge in [0.25, 0.3) is 5.91 Å². The highest BCUT2D eigenvalue weighted by molar-refractivity contribution is 6.42. The van der Waals surface area contributed by atoms with Crippen LogP contribution < -0.4 is 5.32 Å². The van der Waals surface area contributed by atoms with Gasteiger partial charge < -0.3 is 14.6 Å². The Morgan fingerprint density at radius 1 is 1.06 bits per heavy atom. The van der Waals surface area contributed by atoms with Crippen molar-refractivity contribution in [1.82, 2.24) is 4.57 Å². The maximum absolute atomic E-state index is 12.8. The van der Waals surface area contributed by atoms with E-state index >= 15 is 0 Å². The van der Waals surface area contributed by atoms with Crippen LogP contribution in [0.4, 0.5) is 5.69 Å². The number of carbonyl (C=O) groups excluding carboxylic acids is 2. The van der Waals surface area contributed by atoms with E-state index in [9.17, 15) is 14.9 Å². The van der Waals surface area contributed by atoms with Gasteiger partial charge in [-0.05, 0) is 54.1 Å². The first-order valence-electron chi connectivity index (χ1n) is 10.5. The molecule has 0 unspecified atom stereocenters. The molecule has 1 heterocycles. The molecule has 1 aromatic heterocycles. The Labute approximate surface area is 211 Å². The number of amides is 1. The number of esters is 1. The standard InChI is InChI=1S/C27H19Cl2N3O3/c1-35-27(34)18-7-9-21(10-8-18)31-26(33)19(14-30)13-20-16-32(25-5-3-2-4-22(20)25)15-17-6-11-23(28)24(29)12-17/h2-13,16H,15H2,1H3,(H,31,33)/b19-13+. The van der Waals surface area contributed by atoms with Crippen LogP contribution in [0.15, 0.2) is 78.5 Å². The molecule has 0 aliphatic heterocycles. The molecule has 0 spiro atoms. The normalized spacial score (nSPS) is 11.2. The summed E-state index contributed by atoms with van der Waals surface area (Å²) in [7, 11) is 1.30. The van der Waals surface area contributed by atoms with Crippen molar-refractivity contribution >= 4 is 57.7 Å². The molecule has 8 heteroatoms. The number of halogens is 2. The first-order chi connectivity index (χ1) is 16.9. The number of ether oxygens (including phenoxy) is 1. The lowest BCUT2D eigenvalue weighted by atomic mass is 10.1. The number of fused-ring (bicyclic) bond motifs is 1. The van der Waals surface area contributed by atoms with Gasteiger partial charge in [0.2, 0.25) is 0 Å². The summed E-state index contributed by atoms with van der Waals surface area (Å²) >= 11 is 12.2. The second-order valence-corrected chi connectivity index (χ2v) is 8.49. The van der Waals surface area contributed by atoms with Gasteiger partial charge in [-0.1, -0.05) is 47.5 Å². The summed E-state index contributed by atoms with van der Waals surface area (Å²) in [5, 5.41) is 14.2. The average molecular weight is 504 g/mol. The van der Waals surface area contributed by atoms with E-state index in [-0.39, 0.29) is 5.57 Å². The largest absolute Gasteiger partial charge is 0.465 e. The molecule has 0 aliphatic rings. The number of benzene rings is 3. The molecule has 0 aliphatic carbocycles. The zero-order valence-electron chi connectivity index (χ0n) is 18.6. The number of hydrogen-bond acceptors (Lipinski definition) is 4. The zero-order chi connectivity index (χ0) is 24.9. The number of anilines is 1. The van der Waals surface area contributed by atoms with Crippen LogP contribution in [0.3, 0.4) is 0 Å². The maximum atomic E-state index is 12.8. The Balaban J connectivity index is 1.62. The molecule has 6 nitrogen and oxygen atoms in total. The number of aromatic nitrogens is 1. The van der Waals surface area contributed by atoms with Crippen molar-refractivity contribution in [2.45, 2.75) is 6.54 Å². The summed E-state index contributed by atoms with van der Waals surface area (Å²) in [5.74, 6) is -1.03. The van der Waals surface area contributed by atoms with Crippen LogP contribution in [-0.4, -0.2) is 23.6 Å². The van der Waals surface area contributed by atoms with Crippen LogP contribution in [0.1, 0.15) is 21.5 Å². The summed E-state index contributed by atoms with van der Waals surface area (Å²) in [5.41, 5.74) is 3.39. The fraction of sp³-hybridized carbons (Fsp3) is 0.0741. The van der Waals surface area contributed by atoms with Gasteiger partial charge in [0.1, 0.15) is 11.6 Å². The quantitative estimate of drug-likeness (QED) is 0.189. The van der Waals surface area contributed by atoms with E-state index in [2.05, 4.69) is 10.1 Å². The van der Waals surface area contributed by atoms with Crippen LogP contribution in [-0.2, 0) is 16.1 Å². The summed E-state index contributed by atoms with van der Waals surface area (Å²) < 4.78 is 6.70. The smallest absolute Gasteiger partial charge is 0.337 e. The summed E-state index contributed by atoms with van der Waals surface area (Å²) in [4.78, 5) is 24.4. The van der Waals surface area contributed by atoms with Gasteiger partial charge >= 0.3 is 5.97 Å². The first kappa shape index (κ1) is 24.1. The topological polar surface area (TPSA) is 84.1 Å². The molecular formula is C27H19Cl2N3O3. The van der Waals surface area contributed by atoms with Gasteiger partial charge in [0.15, 0.2) is 0 Å². The van der Waals surface area contributed by atoms with Crippen LogP contribution in [0.5, 0.6) is 0 Å². The van der Waals surface area contributed by atoms with Crippen molar-refractivity contribution in [2.24, 2.45) is 0 Å². The van der Waals surface area contributed by atoms with Crippen molar-refractivity contribution < 1.29 is 14.3 Å². The van der Waals surface area contributed by atoms with E-state index in [0.717, 1.165) is 22.0 Å². The van der Waals surface area contributed by atoms with E-state index in [1.807, 2.05) is 53.2 Å². The molecule has 0 fully saturated rings. The molecule has 0 atom stereocenters.